The van der Waals surface area contributed by atoms with Crippen LogP contribution in [0.5, 0.6) is 11.5 Å². The smallest absolute Gasteiger partial charge is 0.255 e. The Hall–Kier alpha value is -3.40. The van der Waals surface area contributed by atoms with Gasteiger partial charge < -0.3 is 20.1 Å². The summed E-state index contributed by atoms with van der Waals surface area (Å²) in [5, 5.41) is 18.0. The van der Waals surface area contributed by atoms with Crippen LogP contribution >= 0.6 is 15.9 Å². The molecule has 1 unspecified atom stereocenters. The first-order chi connectivity index (χ1) is 15.0. The second-order valence-corrected chi connectivity index (χ2v) is 7.70. The normalized spacial score (nSPS) is 15.2. The van der Waals surface area contributed by atoms with Crippen LogP contribution in [0.3, 0.4) is 0 Å². The van der Waals surface area contributed by atoms with E-state index >= 15 is 0 Å². The number of aromatic nitrogens is 4. The number of carbonyl (C=O) groups excluding carboxylic acids is 1. The SMILES string of the molecule is CCOc1ccc(Br)cc1C1C(C(=O)Nc2ccccc2OC)=C(C)Nc2nnnn21. The Morgan fingerprint density at radius 1 is 1.26 bits per heavy atom. The highest BCUT2D eigenvalue weighted by Gasteiger charge is 2.36. The fraction of sp³-hybridized carbons (Fsp3) is 0.238. The quantitative estimate of drug-likeness (QED) is 0.548. The molecular weight excluding hydrogens is 464 g/mol. The third-order valence-corrected chi connectivity index (χ3v) is 5.37. The van der Waals surface area contributed by atoms with Crippen molar-refractivity contribution in [1.82, 2.24) is 20.2 Å². The lowest BCUT2D eigenvalue weighted by Gasteiger charge is -2.29. The maximum Gasteiger partial charge on any atom is 0.255 e. The lowest BCUT2D eigenvalue weighted by molar-refractivity contribution is -0.113. The Balaban J connectivity index is 1.82. The molecule has 0 spiro atoms. The van der Waals surface area contributed by atoms with Crippen LogP contribution in [0.4, 0.5) is 11.6 Å². The highest BCUT2D eigenvalue weighted by Crippen LogP contribution is 2.40. The van der Waals surface area contributed by atoms with Crippen LogP contribution in [0.25, 0.3) is 0 Å². The van der Waals surface area contributed by atoms with Gasteiger partial charge in [-0.05, 0) is 54.6 Å². The Labute approximate surface area is 187 Å². The molecule has 0 bridgehead atoms. The molecule has 9 nitrogen and oxygen atoms in total. The average Bonchev–Trinajstić information content (AvgIpc) is 3.22. The highest BCUT2D eigenvalue weighted by atomic mass is 79.9. The zero-order chi connectivity index (χ0) is 22.0. The van der Waals surface area contributed by atoms with Gasteiger partial charge in [-0.15, -0.1) is 0 Å². The molecule has 3 aromatic rings. The van der Waals surface area contributed by atoms with Crippen LogP contribution in [-0.4, -0.2) is 39.8 Å². The van der Waals surface area contributed by atoms with Crippen molar-refractivity contribution in [3.8, 4) is 11.5 Å². The third kappa shape index (κ3) is 3.98. The fourth-order valence-corrected chi connectivity index (χ4v) is 3.93. The van der Waals surface area contributed by atoms with Gasteiger partial charge in [-0.2, -0.15) is 4.68 Å². The molecule has 2 N–H and O–H groups in total. The second kappa shape index (κ2) is 8.76. The predicted molar refractivity (Wildman–Crippen MR) is 119 cm³/mol. The van der Waals surface area contributed by atoms with Crippen LogP contribution in [0.15, 0.2) is 58.2 Å². The minimum atomic E-state index is -0.597. The van der Waals surface area contributed by atoms with Crippen molar-refractivity contribution >= 4 is 33.5 Å². The van der Waals surface area contributed by atoms with Crippen molar-refractivity contribution in [3.05, 3.63) is 63.8 Å². The van der Waals surface area contributed by atoms with E-state index in [0.717, 1.165) is 10.0 Å². The summed E-state index contributed by atoms with van der Waals surface area (Å²) in [4.78, 5) is 13.5. The summed E-state index contributed by atoms with van der Waals surface area (Å²) in [5.41, 5.74) is 2.43. The number of methoxy groups -OCH3 is 1. The van der Waals surface area contributed by atoms with Gasteiger partial charge in [0.15, 0.2) is 0 Å². The summed E-state index contributed by atoms with van der Waals surface area (Å²) in [7, 11) is 1.56. The van der Waals surface area contributed by atoms with E-state index in [0.29, 0.717) is 41.0 Å². The zero-order valence-electron chi connectivity index (χ0n) is 17.2. The minimum Gasteiger partial charge on any atom is -0.495 e. The maximum absolute atomic E-state index is 13.5. The molecule has 0 saturated heterocycles. The first-order valence-corrected chi connectivity index (χ1v) is 10.4. The van der Waals surface area contributed by atoms with E-state index in [-0.39, 0.29) is 5.91 Å². The monoisotopic (exact) mass is 484 g/mol. The molecule has 160 valence electrons. The predicted octanol–water partition coefficient (Wildman–Crippen LogP) is 3.77. The molecule has 1 amide bonds. The van der Waals surface area contributed by atoms with Crippen LogP contribution in [0.1, 0.15) is 25.5 Å². The van der Waals surface area contributed by atoms with Gasteiger partial charge >= 0.3 is 0 Å². The van der Waals surface area contributed by atoms with Crippen molar-refractivity contribution in [2.75, 3.05) is 24.4 Å². The standard InChI is InChI=1S/C21H21BrN6O3/c1-4-31-16-10-9-13(22)11-14(16)19-18(12(2)23-21-25-26-27-28(19)21)20(29)24-15-7-5-6-8-17(15)30-3/h5-11,19H,4H2,1-3H3,(H,24,29)(H,23,25,27). The minimum absolute atomic E-state index is 0.303. The van der Waals surface area contributed by atoms with Gasteiger partial charge in [0.05, 0.1) is 25.0 Å². The Morgan fingerprint density at radius 3 is 2.84 bits per heavy atom. The molecule has 1 atom stereocenters. The molecule has 0 aliphatic carbocycles. The van der Waals surface area contributed by atoms with Crippen molar-refractivity contribution in [1.29, 1.82) is 0 Å². The molecule has 2 heterocycles. The summed E-state index contributed by atoms with van der Waals surface area (Å²) in [6.07, 6.45) is 0. The van der Waals surface area contributed by atoms with E-state index < -0.39 is 6.04 Å². The van der Waals surface area contributed by atoms with Gasteiger partial charge in [-0.1, -0.05) is 33.2 Å². The molecule has 10 heteroatoms. The number of carbonyl (C=O) groups is 1. The first-order valence-electron chi connectivity index (χ1n) is 9.65. The van der Waals surface area contributed by atoms with Gasteiger partial charge in [-0.3, -0.25) is 4.79 Å². The molecular formula is C21H21BrN6O3. The number of fused-ring (bicyclic) bond motifs is 1. The van der Waals surface area contributed by atoms with Gasteiger partial charge in [0.25, 0.3) is 5.91 Å². The number of ether oxygens (including phenoxy) is 2. The molecule has 0 saturated carbocycles. The van der Waals surface area contributed by atoms with Crippen LogP contribution in [0, 0.1) is 0 Å². The Morgan fingerprint density at radius 2 is 2.06 bits per heavy atom. The molecule has 0 fully saturated rings. The molecule has 4 rings (SSSR count). The lowest BCUT2D eigenvalue weighted by Crippen LogP contribution is -2.32. The summed E-state index contributed by atoms with van der Waals surface area (Å²) >= 11 is 3.52. The van der Waals surface area contributed by atoms with Gasteiger partial charge in [0.2, 0.25) is 5.95 Å². The molecule has 2 aromatic carbocycles. The summed E-state index contributed by atoms with van der Waals surface area (Å²) in [5.74, 6) is 1.35. The van der Waals surface area contributed by atoms with Crippen LogP contribution < -0.4 is 20.1 Å². The van der Waals surface area contributed by atoms with Crippen molar-refractivity contribution in [3.63, 3.8) is 0 Å². The number of hydrogen-bond donors (Lipinski definition) is 2. The number of rotatable bonds is 6. The van der Waals surface area contributed by atoms with Crippen LogP contribution in [-0.2, 0) is 4.79 Å². The molecule has 1 aliphatic heterocycles. The summed E-state index contributed by atoms with van der Waals surface area (Å²) < 4.78 is 13.7. The topological polar surface area (TPSA) is 103 Å². The van der Waals surface area contributed by atoms with Crippen molar-refractivity contribution < 1.29 is 14.3 Å². The second-order valence-electron chi connectivity index (χ2n) is 6.78. The molecule has 31 heavy (non-hydrogen) atoms. The number of halogens is 1. The number of anilines is 2. The van der Waals surface area contributed by atoms with E-state index in [2.05, 4.69) is 42.1 Å². The summed E-state index contributed by atoms with van der Waals surface area (Å²) in [6.45, 7) is 4.21. The number of amides is 1. The number of nitrogens with zero attached hydrogens (tertiary/aromatic N) is 4. The largest absolute Gasteiger partial charge is 0.495 e. The van der Waals surface area contributed by atoms with Gasteiger partial charge in [-0.25, -0.2) is 0 Å². The Bertz CT molecular complexity index is 1160. The molecule has 1 aliphatic rings. The number of para-hydroxylation sites is 2. The lowest BCUT2D eigenvalue weighted by atomic mass is 9.94. The van der Waals surface area contributed by atoms with Gasteiger partial charge in [0, 0.05) is 15.7 Å². The van der Waals surface area contributed by atoms with E-state index in [4.69, 9.17) is 9.47 Å². The average molecular weight is 485 g/mol. The van der Waals surface area contributed by atoms with Gasteiger partial charge in [0.1, 0.15) is 17.5 Å². The maximum atomic E-state index is 13.5. The highest BCUT2D eigenvalue weighted by molar-refractivity contribution is 9.10. The summed E-state index contributed by atoms with van der Waals surface area (Å²) in [6, 6.07) is 12.3. The molecule has 1 aromatic heterocycles. The van der Waals surface area contributed by atoms with E-state index in [1.54, 1.807) is 23.9 Å². The van der Waals surface area contributed by atoms with Crippen molar-refractivity contribution in [2.24, 2.45) is 0 Å². The fourth-order valence-electron chi connectivity index (χ4n) is 3.55. The first kappa shape index (κ1) is 20.9. The van der Waals surface area contributed by atoms with E-state index in [1.807, 2.05) is 44.2 Å². The molecule has 0 radical (unpaired) electrons. The Kier molecular flexibility index (Phi) is 5.90. The number of allylic oxidation sites excluding steroid dienone is 1. The van der Waals surface area contributed by atoms with E-state index in [9.17, 15) is 4.79 Å². The number of benzene rings is 2. The number of hydrogen-bond acceptors (Lipinski definition) is 7. The van der Waals surface area contributed by atoms with Crippen molar-refractivity contribution in [2.45, 2.75) is 19.9 Å². The van der Waals surface area contributed by atoms with E-state index in [1.165, 1.54) is 0 Å². The third-order valence-electron chi connectivity index (χ3n) is 4.88. The zero-order valence-corrected chi connectivity index (χ0v) is 18.8. The number of nitrogens with one attached hydrogen (secondary N) is 2. The van der Waals surface area contributed by atoms with Crippen LogP contribution in [0.2, 0.25) is 0 Å². The number of tetrazole rings is 1.